The largest absolute Gasteiger partial charge is 0.341 e. The van der Waals surface area contributed by atoms with Gasteiger partial charge in [-0.3, -0.25) is 4.79 Å². The summed E-state index contributed by atoms with van der Waals surface area (Å²) >= 11 is 5.89. The van der Waals surface area contributed by atoms with Gasteiger partial charge in [-0.05, 0) is 26.8 Å². The molecular weight excluding hydrogens is 262 g/mol. The van der Waals surface area contributed by atoms with Crippen LogP contribution in [0.3, 0.4) is 0 Å². The van der Waals surface area contributed by atoms with Crippen LogP contribution in [-0.2, 0) is 13.6 Å². The van der Waals surface area contributed by atoms with Crippen LogP contribution in [-0.4, -0.2) is 25.3 Å². The third-order valence-corrected chi connectivity index (χ3v) is 3.62. The van der Waals surface area contributed by atoms with E-state index in [-0.39, 0.29) is 5.78 Å². The average molecular weight is 280 g/mol. The lowest BCUT2D eigenvalue weighted by atomic mass is 10.1. The van der Waals surface area contributed by atoms with Gasteiger partial charge in [0.25, 0.3) is 0 Å². The van der Waals surface area contributed by atoms with Crippen LogP contribution >= 0.6 is 11.6 Å². The van der Waals surface area contributed by atoms with Crippen LogP contribution in [0.25, 0.3) is 0 Å². The third-order valence-electron chi connectivity index (χ3n) is 3.42. The number of imidazole rings is 1. The van der Waals surface area contributed by atoms with E-state index >= 15 is 0 Å². The number of rotatable bonds is 4. The van der Waals surface area contributed by atoms with Crippen molar-refractivity contribution >= 4 is 17.4 Å². The molecule has 19 heavy (non-hydrogen) atoms. The zero-order valence-corrected chi connectivity index (χ0v) is 12.4. The van der Waals surface area contributed by atoms with Gasteiger partial charge in [-0.15, -0.1) is 11.6 Å². The molecule has 2 rings (SSSR count). The van der Waals surface area contributed by atoms with E-state index in [4.69, 9.17) is 11.6 Å². The normalized spacial score (nSPS) is 12.7. The number of nitrogens with zero attached hydrogens (tertiary/aromatic N) is 3. The van der Waals surface area contributed by atoms with Gasteiger partial charge in [0.2, 0.25) is 0 Å². The summed E-state index contributed by atoms with van der Waals surface area (Å²) in [5.74, 6) is 0.931. The summed E-state index contributed by atoms with van der Waals surface area (Å²) in [7, 11) is 1.96. The number of alkyl halides is 1. The van der Waals surface area contributed by atoms with Crippen molar-refractivity contribution < 1.29 is 4.79 Å². The Bertz CT molecular complexity index is 610. The molecule has 2 aromatic rings. The van der Waals surface area contributed by atoms with Gasteiger partial charge >= 0.3 is 0 Å². The fourth-order valence-corrected chi connectivity index (χ4v) is 2.32. The predicted octanol–water partition coefficient (Wildman–Crippen LogP) is 2.70. The van der Waals surface area contributed by atoms with Crippen molar-refractivity contribution in [3.05, 3.63) is 41.2 Å². The molecule has 2 heterocycles. The number of hydrogen-bond acceptors (Lipinski definition) is 2. The number of hydrogen-bond donors (Lipinski definition) is 0. The molecule has 0 fully saturated rings. The van der Waals surface area contributed by atoms with E-state index in [0.29, 0.717) is 12.1 Å². The van der Waals surface area contributed by atoms with Crippen LogP contribution in [0.15, 0.2) is 18.5 Å². The number of carbonyl (C=O) groups is 1. The van der Waals surface area contributed by atoms with Crippen molar-refractivity contribution in [3.63, 3.8) is 0 Å². The highest BCUT2D eigenvalue weighted by atomic mass is 35.5. The molecule has 0 saturated carbocycles. The first-order valence-electron chi connectivity index (χ1n) is 6.23. The van der Waals surface area contributed by atoms with Gasteiger partial charge in [-0.2, -0.15) is 0 Å². The highest BCUT2D eigenvalue weighted by Crippen LogP contribution is 2.19. The Balaban J connectivity index is 2.37. The van der Waals surface area contributed by atoms with Crippen molar-refractivity contribution in [1.82, 2.24) is 14.1 Å². The van der Waals surface area contributed by atoms with Gasteiger partial charge in [0, 0.05) is 36.4 Å². The second kappa shape index (κ2) is 5.21. The monoisotopic (exact) mass is 279 g/mol. The molecule has 0 N–H and O–H groups in total. The summed E-state index contributed by atoms with van der Waals surface area (Å²) in [6.45, 7) is 6.30. The molecule has 0 aliphatic rings. The summed E-state index contributed by atoms with van der Waals surface area (Å²) in [4.78, 5) is 16.3. The Morgan fingerprint density at radius 2 is 2.16 bits per heavy atom. The Kier molecular flexibility index (Phi) is 3.80. The fraction of sp³-hybridized carbons (Fsp3) is 0.429. The molecule has 2 aromatic heterocycles. The first-order valence-corrected chi connectivity index (χ1v) is 6.66. The second-order valence-corrected chi connectivity index (χ2v) is 5.46. The molecule has 0 spiro atoms. The van der Waals surface area contributed by atoms with Crippen LogP contribution in [0.4, 0.5) is 0 Å². The summed E-state index contributed by atoms with van der Waals surface area (Å²) in [6, 6.07) is 1.90. The molecule has 0 aliphatic heterocycles. The molecule has 4 nitrogen and oxygen atoms in total. The molecular formula is C14H18ClN3O. The Hall–Kier alpha value is -1.55. The van der Waals surface area contributed by atoms with Crippen LogP contribution in [0.5, 0.6) is 0 Å². The lowest BCUT2D eigenvalue weighted by molar-refractivity contribution is 0.0991. The SMILES string of the molecule is Cc1cc(C(=O)C(C)Cl)c(C)n1Cc1nccn1C. The highest BCUT2D eigenvalue weighted by molar-refractivity contribution is 6.33. The second-order valence-electron chi connectivity index (χ2n) is 4.81. The average Bonchev–Trinajstić information content (AvgIpc) is 2.87. The molecule has 1 unspecified atom stereocenters. The maximum atomic E-state index is 12.0. The standard InChI is InChI=1S/C14H18ClN3O/c1-9-7-12(14(19)10(2)15)11(3)18(9)8-13-16-5-6-17(13)4/h5-7,10H,8H2,1-4H3. The Labute approximate surface area is 118 Å². The van der Waals surface area contributed by atoms with Gasteiger partial charge in [-0.25, -0.2) is 4.98 Å². The first-order chi connectivity index (χ1) is 8.91. The van der Waals surface area contributed by atoms with E-state index in [0.717, 1.165) is 17.2 Å². The summed E-state index contributed by atoms with van der Waals surface area (Å²) in [5.41, 5.74) is 2.69. The maximum absolute atomic E-state index is 12.0. The van der Waals surface area contributed by atoms with Crippen molar-refractivity contribution in [2.45, 2.75) is 32.7 Å². The van der Waals surface area contributed by atoms with Gasteiger partial charge in [0.1, 0.15) is 5.82 Å². The summed E-state index contributed by atoms with van der Waals surface area (Å²) < 4.78 is 4.07. The van der Waals surface area contributed by atoms with E-state index in [1.807, 2.05) is 37.7 Å². The minimum atomic E-state index is -0.498. The fourth-order valence-electron chi connectivity index (χ4n) is 2.20. The van der Waals surface area contributed by atoms with E-state index in [9.17, 15) is 4.79 Å². The Morgan fingerprint density at radius 1 is 1.47 bits per heavy atom. The van der Waals surface area contributed by atoms with Crippen molar-refractivity contribution in [2.75, 3.05) is 0 Å². The molecule has 0 radical (unpaired) electrons. The molecule has 0 aliphatic carbocycles. The molecule has 5 heteroatoms. The highest BCUT2D eigenvalue weighted by Gasteiger charge is 2.19. The Morgan fingerprint density at radius 3 is 2.68 bits per heavy atom. The number of aromatic nitrogens is 3. The van der Waals surface area contributed by atoms with E-state index < -0.39 is 5.38 Å². The van der Waals surface area contributed by atoms with Crippen LogP contribution in [0, 0.1) is 13.8 Å². The van der Waals surface area contributed by atoms with Crippen LogP contribution < -0.4 is 0 Å². The van der Waals surface area contributed by atoms with Gasteiger partial charge in [0.15, 0.2) is 5.78 Å². The number of ketones is 1. The quantitative estimate of drug-likeness (QED) is 0.638. The van der Waals surface area contributed by atoms with Gasteiger partial charge < -0.3 is 9.13 Å². The van der Waals surface area contributed by atoms with Crippen LogP contribution in [0.2, 0.25) is 0 Å². The third kappa shape index (κ3) is 2.59. The molecule has 0 aromatic carbocycles. The number of aryl methyl sites for hydroxylation is 2. The lowest BCUT2D eigenvalue weighted by Crippen LogP contribution is -2.13. The molecule has 0 saturated heterocycles. The van der Waals surface area contributed by atoms with E-state index in [1.165, 1.54) is 0 Å². The topological polar surface area (TPSA) is 39.8 Å². The van der Waals surface area contributed by atoms with Gasteiger partial charge in [-0.1, -0.05) is 0 Å². The van der Waals surface area contributed by atoms with Crippen LogP contribution in [0.1, 0.15) is 34.5 Å². The van der Waals surface area contributed by atoms with E-state index in [2.05, 4.69) is 9.55 Å². The number of halogens is 1. The van der Waals surface area contributed by atoms with Crippen molar-refractivity contribution in [2.24, 2.45) is 7.05 Å². The molecule has 1 atom stereocenters. The predicted molar refractivity (Wildman–Crippen MR) is 75.9 cm³/mol. The minimum Gasteiger partial charge on any atom is -0.341 e. The lowest BCUT2D eigenvalue weighted by Gasteiger charge is -2.10. The smallest absolute Gasteiger partial charge is 0.182 e. The summed E-state index contributed by atoms with van der Waals surface area (Å²) in [5, 5.41) is -0.498. The van der Waals surface area contributed by atoms with Crippen molar-refractivity contribution in [1.29, 1.82) is 0 Å². The minimum absolute atomic E-state index is 0.0270. The summed E-state index contributed by atoms with van der Waals surface area (Å²) in [6.07, 6.45) is 3.69. The zero-order chi connectivity index (χ0) is 14.2. The van der Waals surface area contributed by atoms with Gasteiger partial charge in [0.05, 0.1) is 11.9 Å². The number of carbonyl (C=O) groups excluding carboxylic acids is 1. The van der Waals surface area contributed by atoms with E-state index in [1.54, 1.807) is 13.1 Å². The first kappa shape index (κ1) is 13.9. The molecule has 0 bridgehead atoms. The van der Waals surface area contributed by atoms with Crippen molar-refractivity contribution in [3.8, 4) is 0 Å². The zero-order valence-electron chi connectivity index (χ0n) is 11.6. The molecule has 102 valence electrons. The molecule has 0 amide bonds. The maximum Gasteiger partial charge on any atom is 0.182 e. The number of Topliss-reactive ketones (excluding diaryl/α,β-unsaturated/α-hetero) is 1.